The molecule has 0 aliphatic heterocycles. The highest BCUT2D eigenvalue weighted by atomic mass is 35.5. The summed E-state index contributed by atoms with van der Waals surface area (Å²) in [4.78, 5) is 9.02. The van der Waals surface area contributed by atoms with Gasteiger partial charge in [0.1, 0.15) is 11.3 Å². The molecule has 0 unspecified atom stereocenters. The summed E-state index contributed by atoms with van der Waals surface area (Å²) < 4.78 is 1.96. The number of rotatable bonds is 3. The summed E-state index contributed by atoms with van der Waals surface area (Å²) in [5.74, 6) is 1.08. The van der Waals surface area contributed by atoms with Crippen molar-refractivity contribution in [1.29, 1.82) is 5.26 Å². The molecular formula is C16H13ClN4. The van der Waals surface area contributed by atoms with Gasteiger partial charge in [-0.15, -0.1) is 11.6 Å². The van der Waals surface area contributed by atoms with Crippen molar-refractivity contribution in [2.75, 3.05) is 0 Å². The summed E-state index contributed by atoms with van der Waals surface area (Å²) >= 11 is 6.02. The van der Waals surface area contributed by atoms with Crippen LogP contribution in [-0.2, 0) is 12.3 Å². The molecule has 0 saturated carbocycles. The predicted molar refractivity (Wildman–Crippen MR) is 82.5 cm³/mol. The van der Waals surface area contributed by atoms with Crippen molar-refractivity contribution in [3.05, 3.63) is 53.5 Å². The minimum atomic E-state index is 0.315. The van der Waals surface area contributed by atoms with Gasteiger partial charge in [0.25, 0.3) is 0 Å². The van der Waals surface area contributed by atoms with Gasteiger partial charge < -0.3 is 0 Å². The molecule has 0 saturated heterocycles. The summed E-state index contributed by atoms with van der Waals surface area (Å²) in [6, 6.07) is 12.0. The second kappa shape index (κ2) is 5.55. The number of hydrogen-bond donors (Lipinski definition) is 0. The average Bonchev–Trinajstić information content (AvgIpc) is 2.86. The number of nitriles is 1. The lowest BCUT2D eigenvalue weighted by Gasteiger charge is -2.07. The number of imidazole rings is 1. The summed E-state index contributed by atoms with van der Waals surface area (Å²) in [7, 11) is 0. The molecular weight excluding hydrogens is 284 g/mol. The Labute approximate surface area is 127 Å². The first kappa shape index (κ1) is 13.6. The van der Waals surface area contributed by atoms with Gasteiger partial charge in [-0.3, -0.25) is 4.57 Å². The Hall–Kier alpha value is -2.38. The number of nitrogens with zero attached hydrogens (tertiary/aromatic N) is 4. The zero-order valence-electron chi connectivity index (χ0n) is 11.5. The SMILES string of the molecule is Cc1cnc2c(c1)nc(CCl)n2-c1ccc(CC#N)cc1. The molecule has 2 aromatic heterocycles. The number of aryl methyl sites for hydroxylation is 1. The highest BCUT2D eigenvalue weighted by Crippen LogP contribution is 2.22. The van der Waals surface area contributed by atoms with Crippen LogP contribution in [0.15, 0.2) is 36.5 Å². The number of aromatic nitrogens is 3. The normalized spacial score (nSPS) is 10.7. The molecule has 0 radical (unpaired) electrons. The third-order valence-corrected chi connectivity index (χ3v) is 3.54. The van der Waals surface area contributed by atoms with Crippen LogP contribution in [0.1, 0.15) is 17.0 Å². The smallest absolute Gasteiger partial charge is 0.164 e. The van der Waals surface area contributed by atoms with Crippen molar-refractivity contribution < 1.29 is 0 Å². The number of alkyl halides is 1. The molecule has 0 bridgehead atoms. The Bertz CT molecular complexity index is 828. The molecule has 2 heterocycles. The summed E-state index contributed by atoms with van der Waals surface area (Å²) in [5, 5.41) is 8.73. The van der Waals surface area contributed by atoms with E-state index >= 15 is 0 Å². The first-order chi connectivity index (χ1) is 10.2. The molecule has 0 atom stereocenters. The van der Waals surface area contributed by atoms with E-state index in [0.717, 1.165) is 33.8 Å². The lowest BCUT2D eigenvalue weighted by Crippen LogP contribution is -2.00. The van der Waals surface area contributed by atoms with Crippen LogP contribution in [0.25, 0.3) is 16.9 Å². The van der Waals surface area contributed by atoms with Crippen LogP contribution >= 0.6 is 11.6 Å². The van der Waals surface area contributed by atoms with E-state index in [-0.39, 0.29) is 0 Å². The standard InChI is InChI=1S/C16H13ClN4/c1-11-8-14-16(19-10-11)21(15(9-17)20-14)13-4-2-12(3-5-13)6-7-18/h2-5,8,10H,6,9H2,1H3. The monoisotopic (exact) mass is 296 g/mol. The first-order valence-electron chi connectivity index (χ1n) is 6.59. The Kier molecular flexibility index (Phi) is 3.59. The van der Waals surface area contributed by atoms with Crippen molar-refractivity contribution in [2.45, 2.75) is 19.2 Å². The third-order valence-electron chi connectivity index (χ3n) is 3.30. The fourth-order valence-corrected chi connectivity index (χ4v) is 2.51. The van der Waals surface area contributed by atoms with E-state index < -0.39 is 0 Å². The van der Waals surface area contributed by atoms with Gasteiger partial charge in [0.15, 0.2) is 5.65 Å². The molecule has 0 spiro atoms. The van der Waals surface area contributed by atoms with Crippen molar-refractivity contribution in [3.8, 4) is 11.8 Å². The zero-order valence-corrected chi connectivity index (χ0v) is 12.3. The Morgan fingerprint density at radius 2 is 2.05 bits per heavy atom. The van der Waals surface area contributed by atoms with E-state index in [0.29, 0.717) is 12.3 Å². The number of hydrogen-bond acceptors (Lipinski definition) is 3. The number of fused-ring (bicyclic) bond motifs is 1. The van der Waals surface area contributed by atoms with Crippen LogP contribution in [0.5, 0.6) is 0 Å². The minimum Gasteiger partial charge on any atom is -0.280 e. The van der Waals surface area contributed by atoms with Gasteiger partial charge >= 0.3 is 0 Å². The van der Waals surface area contributed by atoms with Crippen molar-refractivity contribution >= 4 is 22.8 Å². The first-order valence-corrected chi connectivity index (χ1v) is 7.12. The topological polar surface area (TPSA) is 54.5 Å². The third kappa shape index (κ3) is 2.48. The Balaban J connectivity index is 2.16. The van der Waals surface area contributed by atoms with Crippen LogP contribution in [0.3, 0.4) is 0 Å². The second-order valence-corrected chi connectivity index (χ2v) is 5.12. The molecule has 0 aliphatic rings. The van der Waals surface area contributed by atoms with Gasteiger partial charge in [0.05, 0.1) is 18.4 Å². The summed E-state index contributed by atoms with van der Waals surface area (Å²) in [6.07, 6.45) is 2.23. The van der Waals surface area contributed by atoms with Crippen LogP contribution < -0.4 is 0 Å². The molecule has 0 amide bonds. The highest BCUT2D eigenvalue weighted by molar-refractivity contribution is 6.16. The van der Waals surface area contributed by atoms with Gasteiger partial charge in [-0.05, 0) is 36.2 Å². The molecule has 0 aliphatic carbocycles. The van der Waals surface area contributed by atoms with Crippen LogP contribution in [0.2, 0.25) is 0 Å². The summed E-state index contributed by atoms with van der Waals surface area (Å²) in [6.45, 7) is 1.99. The van der Waals surface area contributed by atoms with Crippen molar-refractivity contribution in [3.63, 3.8) is 0 Å². The Morgan fingerprint density at radius 1 is 1.29 bits per heavy atom. The molecule has 3 aromatic rings. The average molecular weight is 297 g/mol. The van der Waals surface area contributed by atoms with Gasteiger partial charge in [-0.1, -0.05) is 12.1 Å². The van der Waals surface area contributed by atoms with E-state index in [2.05, 4.69) is 16.0 Å². The molecule has 1 aromatic carbocycles. The molecule has 0 N–H and O–H groups in total. The van der Waals surface area contributed by atoms with Crippen LogP contribution in [0, 0.1) is 18.3 Å². The van der Waals surface area contributed by atoms with Crippen LogP contribution in [-0.4, -0.2) is 14.5 Å². The maximum Gasteiger partial charge on any atom is 0.164 e. The quantitative estimate of drug-likeness (QED) is 0.695. The number of pyridine rings is 1. The van der Waals surface area contributed by atoms with E-state index in [9.17, 15) is 0 Å². The maximum atomic E-state index is 8.73. The second-order valence-electron chi connectivity index (χ2n) is 4.85. The fourth-order valence-electron chi connectivity index (χ4n) is 2.33. The van der Waals surface area contributed by atoms with E-state index in [1.54, 1.807) is 0 Å². The molecule has 104 valence electrons. The molecule has 21 heavy (non-hydrogen) atoms. The van der Waals surface area contributed by atoms with Gasteiger partial charge in [0, 0.05) is 11.9 Å². The van der Waals surface area contributed by atoms with Gasteiger partial charge in [0.2, 0.25) is 0 Å². The van der Waals surface area contributed by atoms with Crippen LogP contribution in [0.4, 0.5) is 0 Å². The lowest BCUT2D eigenvalue weighted by molar-refractivity contribution is 0.968. The number of benzene rings is 1. The highest BCUT2D eigenvalue weighted by Gasteiger charge is 2.13. The van der Waals surface area contributed by atoms with Gasteiger partial charge in [-0.2, -0.15) is 5.26 Å². The molecule has 3 rings (SSSR count). The predicted octanol–water partition coefficient (Wildman–Crippen LogP) is 3.53. The fraction of sp³-hybridized carbons (Fsp3) is 0.188. The van der Waals surface area contributed by atoms with E-state index in [1.807, 2.05) is 48.0 Å². The number of halogens is 1. The van der Waals surface area contributed by atoms with Crippen molar-refractivity contribution in [2.24, 2.45) is 0 Å². The summed E-state index contributed by atoms with van der Waals surface area (Å²) in [5.41, 5.74) is 4.64. The van der Waals surface area contributed by atoms with E-state index in [4.69, 9.17) is 16.9 Å². The zero-order chi connectivity index (χ0) is 14.8. The van der Waals surface area contributed by atoms with Crippen molar-refractivity contribution in [1.82, 2.24) is 14.5 Å². The van der Waals surface area contributed by atoms with Gasteiger partial charge in [-0.25, -0.2) is 9.97 Å². The molecule has 0 fully saturated rings. The lowest BCUT2D eigenvalue weighted by atomic mass is 10.1. The minimum absolute atomic E-state index is 0.315. The maximum absolute atomic E-state index is 8.73. The largest absolute Gasteiger partial charge is 0.280 e. The Morgan fingerprint density at radius 3 is 2.71 bits per heavy atom. The molecule has 4 nitrogen and oxygen atoms in total. The molecule has 5 heteroatoms. The van der Waals surface area contributed by atoms with E-state index in [1.165, 1.54) is 0 Å².